The summed E-state index contributed by atoms with van der Waals surface area (Å²) in [5.41, 5.74) is 3.36. The van der Waals surface area contributed by atoms with Crippen LogP contribution >= 0.6 is 0 Å². The highest BCUT2D eigenvalue weighted by molar-refractivity contribution is 7.92. The van der Waals surface area contributed by atoms with Gasteiger partial charge >= 0.3 is 0 Å². The van der Waals surface area contributed by atoms with Crippen LogP contribution in [-0.4, -0.2) is 27.2 Å². The third kappa shape index (κ3) is 4.94. The Morgan fingerprint density at radius 2 is 1.97 bits per heavy atom. The summed E-state index contributed by atoms with van der Waals surface area (Å²) < 4.78 is 36.7. The number of hydrogen-bond acceptors (Lipinski definition) is 5. The van der Waals surface area contributed by atoms with Crippen LogP contribution < -0.4 is 14.8 Å². The number of nitrogens with one attached hydrogen (secondary N) is 2. The Balaban J connectivity index is 1.33. The van der Waals surface area contributed by atoms with E-state index in [1.54, 1.807) is 18.2 Å². The number of rotatable bonds is 7. The van der Waals surface area contributed by atoms with Gasteiger partial charge in [-0.3, -0.25) is 9.52 Å². The van der Waals surface area contributed by atoms with Crippen LogP contribution in [0, 0.1) is 0 Å². The van der Waals surface area contributed by atoms with Gasteiger partial charge in [-0.25, -0.2) is 8.42 Å². The van der Waals surface area contributed by atoms with Crippen LogP contribution in [-0.2, 0) is 34.2 Å². The Hall–Kier alpha value is -3.00. The average Bonchev–Trinajstić information content (AvgIpc) is 3.08. The van der Waals surface area contributed by atoms with Crippen molar-refractivity contribution in [3.8, 4) is 5.75 Å². The molecule has 0 radical (unpaired) electrons. The Morgan fingerprint density at radius 3 is 2.80 bits per heavy atom. The summed E-state index contributed by atoms with van der Waals surface area (Å²) in [5, 5.41) is 3.85. The molecule has 1 aliphatic rings. The van der Waals surface area contributed by atoms with Gasteiger partial charge in [-0.05, 0) is 55.2 Å². The molecule has 4 rings (SSSR count). The van der Waals surface area contributed by atoms with Gasteiger partial charge in [0.2, 0.25) is 10.0 Å². The monoisotopic (exact) mass is 428 g/mol. The summed E-state index contributed by atoms with van der Waals surface area (Å²) in [7, 11) is -3.35. The highest BCUT2D eigenvalue weighted by atomic mass is 32.2. The zero-order valence-electron chi connectivity index (χ0n) is 16.7. The summed E-state index contributed by atoms with van der Waals surface area (Å²) >= 11 is 0. The van der Waals surface area contributed by atoms with Crippen molar-refractivity contribution in [2.75, 3.05) is 17.6 Å². The van der Waals surface area contributed by atoms with Crippen molar-refractivity contribution in [3.05, 3.63) is 59.4 Å². The van der Waals surface area contributed by atoms with Crippen molar-refractivity contribution < 1.29 is 22.4 Å². The molecule has 2 aromatic carbocycles. The second kappa shape index (κ2) is 8.39. The lowest BCUT2D eigenvalue weighted by Gasteiger charge is -2.10. The van der Waals surface area contributed by atoms with Crippen LogP contribution in [0.4, 0.5) is 5.69 Å². The number of sulfonamides is 1. The van der Waals surface area contributed by atoms with E-state index in [9.17, 15) is 13.2 Å². The number of carbonyl (C=O) groups excluding carboxylic acids is 1. The fraction of sp³-hybridized carbons (Fsp3) is 0.318. The van der Waals surface area contributed by atoms with E-state index in [1.165, 1.54) is 5.56 Å². The van der Waals surface area contributed by atoms with E-state index in [2.05, 4.69) is 10.0 Å². The summed E-state index contributed by atoms with van der Waals surface area (Å²) in [4.78, 5) is 12.2. The van der Waals surface area contributed by atoms with Gasteiger partial charge < -0.3 is 14.5 Å². The largest absolute Gasteiger partial charge is 0.484 e. The van der Waals surface area contributed by atoms with Crippen molar-refractivity contribution in [2.24, 2.45) is 0 Å². The van der Waals surface area contributed by atoms with Crippen molar-refractivity contribution in [1.82, 2.24) is 5.32 Å². The van der Waals surface area contributed by atoms with Crippen molar-refractivity contribution in [3.63, 3.8) is 0 Å². The minimum absolute atomic E-state index is 0.104. The highest BCUT2D eigenvalue weighted by Gasteiger charge is 2.18. The highest BCUT2D eigenvalue weighted by Crippen LogP contribution is 2.33. The maximum Gasteiger partial charge on any atom is 0.258 e. The lowest BCUT2D eigenvalue weighted by Crippen LogP contribution is -2.28. The molecule has 1 amide bonds. The number of fused-ring (bicyclic) bond motifs is 3. The molecule has 0 saturated heterocycles. The number of hydrogen-bond donors (Lipinski definition) is 2. The van der Waals surface area contributed by atoms with E-state index >= 15 is 0 Å². The van der Waals surface area contributed by atoms with Crippen LogP contribution in [0.5, 0.6) is 5.75 Å². The minimum atomic E-state index is -3.35. The Morgan fingerprint density at radius 1 is 1.13 bits per heavy atom. The molecular formula is C22H24N2O5S. The molecule has 158 valence electrons. The molecule has 1 aliphatic carbocycles. The Labute approximate surface area is 175 Å². The molecule has 8 heteroatoms. The molecular weight excluding hydrogens is 404 g/mol. The molecule has 0 bridgehead atoms. The molecule has 0 atom stereocenters. The molecule has 0 fully saturated rings. The van der Waals surface area contributed by atoms with Crippen molar-refractivity contribution in [1.29, 1.82) is 0 Å². The number of ether oxygens (including phenoxy) is 1. The van der Waals surface area contributed by atoms with E-state index in [-0.39, 0.29) is 19.1 Å². The third-order valence-electron chi connectivity index (χ3n) is 5.02. The first-order valence-corrected chi connectivity index (χ1v) is 11.8. The minimum Gasteiger partial charge on any atom is -0.484 e. The molecule has 7 nitrogen and oxygen atoms in total. The number of furan rings is 1. The average molecular weight is 429 g/mol. The lowest BCUT2D eigenvalue weighted by atomic mass is 9.96. The van der Waals surface area contributed by atoms with E-state index in [0.29, 0.717) is 11.4 Å². The zero-order chi connectivity index (χ0) is 21.1. The van der Waals surface area contributed by atoms with Gasteiger partial charge in [-0.15, -0.1) is 0 Å². The fourth-order valence-corrected chi connectivity index (χ4v) is 4.25. The molecule has 1 aromatic heterocycles. The predicted molar refractivity (Wildman–Crippen MR) is 115 cm³/mol. The van der Waals surface area contributed by atoms with E-state index in [1.807, 2.05) is 24.3 Å². The summed E-state index contributed by atoms with van der Waals surface area (Å²) in [5.74, 6) is 1.44. The lowest BCUT2D eigenvalue weighted by molar-refractivity contribution is -0.123. The van der Waals surface area contributed by atoms with Gasteiger partial charge in [0.25, 0.3) is 5.91 Å². The first-order chi connectivity index (χ1) is 14.4. The maximum absolute atomic E-state index is 12.2. The molecule has 0 aliphatic heterocycles. The summed E-state index contributed by atoms with van der Waals surface area (Å²) in [6, 6.07) is 12.5. The summed E-state index contributed by atoms with van der Waals surface area (Å²) in [6.45, 7) is 0.169. The van der Waals surface area contributed by atoms with Gasteiger partial charge in [0, 0.05) is 29.6 Å². The first kappa shape index (κ1) is 20.3. The smallest absolute Gasteiger partial charge is 0.258 e. The molecule has 0 spiro atoms. The molecule has 1 heterocycles. The number of carbonyl (C=O) groups is 1. The van der Waals surface area contributed by atoms with Crippen LogP contribution in [0.25, 0.3) is 11.0 Å². The topological polar surface area (TPSA) is 97.6 Å². The van der Waals surface area contributed by atoms with Crippen molar-refractivity contribution >= 4 is 32.6 Å². The van der Waals surface area contributed by atoms with Crippen LogP contribution in [0.2, 0.25) is 0 Å². The number of amides is 1. The zero-order valence-corrected chi connectivity index (χ0v) is 17.6. The van der Waals surface area contributed by atoms with Crippen molar-refractivity contribution in [2.45, 2.75) is 32.2 Å². The van der Waals surface area contributed by atoms with Gasteiger partial charge in [0.15, 0.2) is 6.61 Å². The van der Waals surface area contributed by atoms with Gasteiger partial charge in [-0.1, -0.05) is 12.1 Å². The maximum atomic E-state index is 12.2. The molecule has 0 saturated carbocycles. The van der Waals surface area contributed by atoms with Gasteiger partial charge in [-0.2, -0.15) is 0 Å². The van der Waals surface area contributed by atoms with Crippen LogP contribution in [0.3, 0.4) is 0 Å². The second-order valence-electron chi connectivity index (χ2n) is 7.51. The number of benzene rings is 2. The van der Waals surface area contributed by atoms with E-state index < -0.39 is 10.0 Å². The first-order valence-electron chi connectivity index (χ1n) is 9.88. The standard InChI is InChI=1S/C22H24N2O5S/c1-30(26,27)24-16-6-4-5-15(11-16)13-23-22(25)14-28-17-9-10-21-19(12-17)18-7-2-3-8-20(18)29-21/h4-6,9-12,24H,2-3,7-8,13-14H2,1H3,(H,23,25). The summed E-state index contributed by atoms with van der Waals surface area (Å²) in [6.07, 6.45) is 5.40. The van der Waals surface area contributed by atoms with Gasteiger partial charge in [0.05, 0.1) is 6.26 Å². The van der Waals surface area contributed by atoms with Crippen LogP contribution in [0.1, 0.15) is 29.7 Å². The fourth-order valence-electron chi connectivity index (χ4n) is 3.69. The number of aryl methyl sites for hydroxylation is 2. The normalized spacial score (nSPS) is 13.6. The third-order valence-corrected chi connectivity index (χ3v) is 5.62. The van der Waals surface area contributed by atoms with Gasteiger partial charge in [0.1, 0.15) is 17.1 Å². The molecule has 2 N–H and O–H groups in total. The van der Waals surface area contributed by atoms with Crippen LogP contribution in [0.15, 0.2) is 46.9 Å². The van der Waals surface area contributed by atoms with E-state index in [0.717, 1.165) is 54.2 Å². The second-order valence-corrected chi connectivity index (χ2v) is 9.26. The molecule has 0 unspecified atom stereocenters. The van der Waals surface area contributed by atoms with E-state index in [4.69, 9.17) is 9.15 Å². The Kier molecular flexibility index (Phi) is 5.67. The number of anilines is 1. The predicted octanol–water partition coefficient (Wildman–Crippen LogP) is 3.38. The SMILES string of the molecule is CS(=O)(=O)Nc1cccc(CNC(=O)COc2ccc3oc4c(c3c2)CCCC4)c1. The Bertz CT molecular complexity index is 1180. The molecule has 3 aromatic rings. The quantitative estimate of drug-likeness (QED) is 0.601. The molecule has 30 heavy (non-hydrogen) atoms.